The van der Waals surface area contributed by atoms with Crippen LogP contribution in [0.3, 0.4) is 0 Å². The largest absolute Gasteiger partial charge is 0.454 e. The molecule has 1 amide bonds. The number of ether oxygens (including phenoxy) is 2. The summed E-state index contributed by atoms with van der Waals surface area (Å²) in [6, 6.07) is 18.1. The molecular formula is C22H21N3O4. The van der Waals surface area contributed by atoms with E-state index in [9.17, 15) is 9.59 Å². The molecule has 4 rings (SSSR count). The zero-order chi connectivity index (χ0) is 20.4. The van der Waals surface area contributed by atoms with Gasteiger partial charge in [0.1, 0.15) is 5.54 Å². The minimum absolute atomic E-state index is 0.181. The second-order valence-corrected chi connectivity index (χ2v) is 7.26. The van der Waals surface area contributed by atoms with E-state index in [1.54, 1.807) is 26.0 Å². The number of rotatable bonds is 5. The molecule has 0 aliphatic carbocycles. The first-order valence-corrected chi connectivity index (χ1v) is 9.28. The fourth-order valence-electron chi connectivity index (χ4n) is 3.11. The van der Waals surface area contributed by atoms with Crippen molar-refractivity contribution in [3.05, 3.63) is 76.6 Å². The van der Waals surface area contributed by atoms with Crippen LogP contribution < -0.4 is 20.3 Å². The number of fused-ring (bicyclic) bond motifs is 1. The molecule has 1 N–H and O–H groups in total. The Morgan fingerprint density at radius 3 is 2.62 bits per heavy atom. The van der Waals surface area contributed by atoms with E-state index in [2.05, 4.69) is 10.4 Å². The van der Waals surface area contributed by atoms with Crippen LogP contribution in [0, 0.1) is 0 Å². The quantitative estimate of drug-likeness (QED) is 0.723. The Bertz CT molecular complexity index is 1110. The van der Waals surface area contributed by atoms with Gasteiger partial charge in [0, 0.05) is 18.2 Å². The molecule has 7 heteroatoms. The second kappa shape index (κ2) is 7.43. The van der Waals surface area contributed by atoms with Crippen molar-refractivity contribution in [3.8, 4) is 22.8 Å². The minimum Gasteiger partial charge on any atom is -0.454 e. The molecule has 0 spiro atoms. The summed E-state index contributed by atoms with van der Waals surface area (Å²) in [6.45, 7) is 3.90. The SMILES string of the molecule is CC(C)(C(=O)NCc1ccccc1)n1nc(-c2ccc3c(c2)OCO3)ccc1=O. The highest BCUT2D eigenvalue weighted by molar-refractivity contribution is 5.83. The molecule has 2 aromatic carbocycles. The van der Waals surface area contributed by atoms with Crippen molar-refractivity contribution < 1.29 is 14.3 Å². The highest BCUT2D eigenvalue weighted by atomic mass is 16.7. The van der Waals surface area contributed by atoms with Crippen LogP contribution in [0.5, 0.6) is 11.5 Å². The molecule has 0 saturated heterocycles. The highest BCUT2D eigenvalue weighted by Crippen LogP contribution is 2.35. The van der Waals surface area contributed by atoms with Gasteiger partial charge in [-0.3, -0.25) is 9.59 Å². The van der Waals surface area contributed by atoms with Crippen molar-refractivity contribution in [2.75, 3.05) is 6.79 Å². The summed E-state index contributed by atoms with van der Waals surface area (Å²) in [6.07, 6.45) is 0. The molecule has 3 aromatic rings. The van der Waals surface area contributed by atoms with Crippen molar-refractivity contribution in [1.82, 2.24) is 15.1 Å². The van der Waals surface area contributed by atoms with Crippen molar-refractivity contribution in [2.45, 2.75) is 25.9 Å². The van der Waals surface area contributed by atoms with Crippen molar-refractivity contribution in [2.24, 2.45) is 0 Å². The van der Waals surface area contributed by atoms with E-state index < -0.39 is 5.54 Å². The van der Waals surface area contributed by atoms with Gasteiger partial charge < -0.3 is 14.8 Å². The van der Waals surface area contributed by atoms with Crippen LogP contribution in [-0.2, 0) is 16.9 Å². The molecule has 148 valence electrons. The fourth-order valence-corrected chi connectivity index (χ4v) is 3.11. The summed E-state index contributed by atoms with van der Waals surface area (Å²) >= 11 is 0. The van der Waals surface area contributed by atoms with E-state index >= 15 is 0 Å². The topological polar surface area (TPSA) is 82.5 Å². The summed E-state index contributed by atoms with van der Waals surface area (Å²) in [5, 5.41) is 7.35. The molecular weight excluding hydrogens is 370 g/mol. The molecule has 0 radical (unpaired) electrons. The Kier molecular flexibility index (Phi) is 4.80. The lowest BCUT2D eigenvalue weighted by molar-refractivity contribution is -0.129. The van der Waals surface area contributed by atoms with Crippen LogP contribution in [0.2, 0.25) is 0 Å². The number of carbonyl (C=O) groups excluding carboxylic acids is 1. The molecule has 29 heavy (non-hydrogen) atoms. The first kappa shape index (κ1) is 18.7. The Morgan fingerprint density at radius 2 is 1.83 bits per heavy atom. The lowest BCUT2D eigenvalue weighted by Gasteiger charge is -2.25. The normalized spacial score (nSPS) is 12.6. The third-order valence-corrected chi connectivity index (χ3v) is 4.85. The average molecular weight is 391 g/mol. The predicted octanol–water partition coefficient (Wildman–Crippen LogP) is 2.69. The smallest absolute Gasteiger partial charge is 0.267 e. The maximum Gasteiger partial charge on any atom is 0.267 e. The van der Waals surface area contributed by atoms with E-state index in [4.69, 9.17) is 9.47 Å². The van der Waals surface area contributed by atoms with Crippen LogP contribution in [-0.4, -0.2) is 22.5 Å². The molecule has 7 nitrogen and oxygen atoms in total. The zero-order valence-electron chi connectivity index (χ0n) is 16.2. The Morgan fingerprint density at radius 1 is 1.07 bits per heavy atom. The van der Waals surface area contributed by atoms with E-state index in [1.165, 1.54) is 10.7 Å². The molecule has 0 bridgehead atoms. The van der Waals surface area contributed by atoms with Crippen molar-refractivity contribution in [3.63, 3.8) is 0 Å². The first-order valence-electron chi connectivity index (χ1n) is 9.28. The summed E-state index contributed by atoms with van der Waals surface area (Å²) < 4.78 is 12.0. The van der Waals surface area contributed by atoms with Gasteiger partial charge in [-0.25, -0.2) is 4.68 Å². The molecule has 0 saturated carbocycles. The van der Waals surface area contributed by atoms with Gasteiger partial charge in [-0.2, -0.15) is 5.10 Å². The number of amides is 1. The molecule has 1 aliphatic rings. The fraction of sp³-hybridized carbons (Fsp3) is 0.227. The number of nitrogens with one attached hydrogen (secondary N) is 1. The van der Waals surface area contributed by atoms with Crippen LogP contribution in [0.4, 0.5) is 0 Å². The van der Waals surface area contributed by atoms with Gasteiger partial charge in [0.05, 0.1) is 5.69 Å². The van der Waals surface area contributed by atoms with Gasteiger partial charge in [0.25, 0.3) is 5.56 Å². The third kappa shape index (κ3) is 3.71. The predicted molar refractivity (Wildman–Crippen MR) is 108 cm³/mol. The summed E-state index contributed by atoms with van der Waals surface area (Å²) in [5.74, 6) is 1.00. The summed E-state index contributed by atoms with van der Waals surface area (Å²) in [4.78, 5) is 25.3. The lowest BCUT2D eigenvalue weighted by Crippen LogP contribution is -2.49. The molecule has 1 aromatic heterocycles. The van der Waals surface area contributed by atoms with Gasteiger partial charge in [0.15, 0.2) is 11.5 Å². The van der Waals surface area contributed by atoms with Crippen LogP contribution in [0.15, 0.2) is 65.5 Å². The minimum atomic E-state index is -1.17. The van der Waals surface area contributed by atoms with E-state index in [0.29, 0.717) is 23.7 Å². The van der Waals surface area contributed by atoms with Gasteiger partial charge >= 0.3 is 0 Å². The maximum absolute atomic E-state index is 12.8. The van der Waals surface area contributed by atoms with E-state index in [1.807, 2.05) is 42.5 Å². The van der Waals surface area contributed by atoms with Crippen LogP contribution >= 0.6 is 0 Å². The van der Waals surface area contributed by atoms with E-state index in [-0.39, 0.29) is 18.3 Å². The van der Waals surface area contributed by atoms with Crippen molar-refractivity contribution in [1.29, 1.82) is 0 Å². The van der Waals surface area contributed by atoms with Crippen LogP contribution in [0.25, 0.3) is 11.3 Å². The number of carbonyl (C=O) groups is 1. The van der Waals surface area contributed by atoms with Gasteiger partial charge in [-0.05, 0) is 43.7 Å². The van der Waals surface area contributed by atoms with E-state index in [0.717, 1.165) is 11.1 Å². The number of nitrogens with zero attached hydrogens (tertiary/aromatic N) is 2. The monoisotopic (exact) mass is 391 g/mol. The lowest BCUT2D eigenvalue weighted by atomic mass is 10.0. The standard InChI is InChI=1S/C22H21N3O4/c1-22(2,21(27)23-13-15-6-4-3-5-7-15)25-20(26)11-9-17(24-25)16-8-10-18-19(12-16)29-14-28-18/h3-12H,13-14H2,1-2H3,(H,23,27). The van der Waals surface area contributed by atoms with Gasteiger partial charge in [-0.1, -0.05) is 30.3 Å². The zero-order valence-corrected chi connectivity index (χ0v) is 16.2. The van der Waals surface area contributed by atoms with Gasteiger partial charge in [-0.15, -0.1) is 0 Å². The molecule has 0 atom stereocenters. The Labute approximate surface area is 167 Å². The number of hydrogen-bond donors (Lipinski definition) is 1. The molecule has 0 unspecified atom stereocenters. The van der Waals surface area contributed by atoms with Crippen molar-refractivity contribution >= 4 is 5.91 Å². The average Bonchev–Trinajstić information content (AvgIpc) is 3.20. The maximum atomic E-state index is 12.8. The highest BCUT2D eigenvalue weighted by Gasteiger charge is 2.32. The number of hydrogen-bond acceptors (Lipinski definition) is 5. The molecule has 1 aliphatic heterocycles. The second-order valence-electron chi connectivity index (χ2n) is 7.26. The molecule has 2 heterocycles. The van der Waals surface area contributed by atoms with Crippen LogP contribution in [0.1, 0.15) is 19.4 Å². The number of benzene rings is 2. The Hall–Kier alpha value is -3.61. The number of aromatic nitrogens is 2. The Balaban J connectivity index is 1.60. The summed E-state index contributed by atoms with van der Waals surface area (Å²) in [5.41, 5.74) is 0.786. The summed E-state index contributed by atoms with van der Waals surface area (Å²) in [7, 11) is 0. The molecule has 0 fully saturated rings. The van der Waals surface area contributed by atoms with Gasteiger partial charge in [0.2, 0.25) is 12.7 Å². The third-order valence-electron chi connectivity index (χ3n) is 4.85. The first-order chi connectivity index (χ1) is 13.9.